The molecular formula is La2Te3. The molecule has 0 aromatic carbocycles. The molecule has 5 heavy (non-hydrogen) atoms. The van der Waals surface area contributed by atoms with Gasteiger partial charge in [0.2, 0.25) is 0 Å². The summed E-state index contributed by atoms with van der Waals surface area (Å²) < 4.78 is 0. The van der Waals surface area contributed by atoms with E-state index in [0.717, 1.165) is 0 Å². The van der Waals surface area contributed by atoms with Crippen molar-refractivity contribution in [3.05, 3.63) is 0 Å². The maximum atomic E-state index is 0. The molecule has 0 atom stereocenters. The van der Waals surface area contributed by atoms with Gasteiger partial charge in [-0.15, -0.1) is 0 Å². The zero-order valence-corrected chi connectivity index (χ0v) is 16.6. The van der Waals surface area contributed by atoms with Crippen LogP contribution < -0.4 is 0 Å². The topological polar surface area (TPSA) is 0 Å². The summed E-state index contributed by atoms with van der Waals surface area (Å²) in [5.74, 6) is 0. The summed E-state index contributed by atoms with van der Waals surface area (Å²) >= 11 is 0. The van der Waals surface area contributed by atoms with Crippen molar-refractivity contribution in [3.63, 3.8) is 0 Å². The zero-order chi connectivity index (χ0) is 0. The number of hydrogen-bond acceptors (Lipinski definition) is 0. The SMILES string of the molecule is [La+3].[La+3].[Te-2].[Te-2].[Te-2]. The first kappa shape index (κ1) is 33.1. The Morgan fingerprint density at radius 2 is 0.400 bits per heavy atom. The van der Waals surface area contributed by atoms with E-state index in [4.69, 9.17) is 0 Å². The van der Waals surface area contributed by atoms with Gasteiger partial charge in [-0.05, 0) is 0 Å². The van der Waals surface area contributed by atoms with Crippen molar-refractivity contribution < 1.29 is 71.2 Å². The van der Waals surface area contributed by atoms with Crippen LogP contribution >= 0.6 is 0 Å². The Morgan fingerprint density at radius 3 is 0.400 bits per heavy atom. The van der Waals surface area contributed by atoms with Crippen LogP contribution in [0, 0.1) is 71.2 Å². The fourth-order valence-corrected chi connectivity index (χ4v) is 0. The van der Waals surface area contributed by atoms with Crippen molar-refractivity contribution in [2.75, 3.05) is 0 Å². The molecule has 0 saturated carbocycles. The maximum Gasteiger partial charge on any atom is 3.00 e. The van der Waals surface area contributed by atoms with Crippen LogP contribution in [0.1, 0.15) is 0 Å². The molecule has 0 rings (SSSR count). The van der Waals surface area contributed by atoms with E-state index in [0.29, 0.717) is 0 Å². The van der Waals surface area contributed by atoms with Gasteiger partial charge in [0.1, 0.15) is 0 Å². The standard InChI is InChI=1S/2La.3Te/q2*+3;3*-2. The zero-order valence-electron chi connectivity index (χ0n) is 2.38. The second kappa shape index (κ2) is 23.3. The molecule has 0 heterocycles. The average molecular weight is 661 g/mol. The van der Waals surface area contributed by atoms with Crippen molar-refractivity contribution in [3.8, 4) is 0 Å². The van der Waals surface area contributed by atoms with Crippen LogP contribution in [0.3, 0.4) is 0 Å². The average Bonchev–Trinajstić information content (AvgIpc) is 0. The van der Waals surface area contributed by atoms with Crippen LogP contribution in [0.15, 0.2) is 0 Å². The van der Waals surface area contributed by atoms with Crippen LogP contribution in [0.5, 0.6) is 0 Å². The molecule has 0 aromatic rings. The second-order valence-electron chi connectivity index (χ2n) is 0. The molecule has 0 amide bonds. The van der Waals surface area contributed by atoms with Gasteiger partial charge in [-0.1, -0.05) is 0 Å². The molecule has 0 unspecified atom stereocenters. The molecule has 0 aliphatic heterocycles. The van der Waals surface area contributed by atoms with E-state index in [1.54, 1.807) is 0 Å². The summed E-state index contributed by atoms with van der Waals surface area (Å²) in [6, 6.07) is 0. The number of rotatable bonds is 0. The number of hydrogen-bond donors (Lipinski definition) is 0. The van der Waals surface area contributed by atoms with Gasteiger partial charge in [-0.25, -0.2) is 0 Å². The molecule has 0 aliphatic rings. The predicted molar refractivity (Wildman–Crippen MR) is 17.3 cm³/mol. The molecular weight excluding hydrogens is 661 g/mol. The summed E-state index contributed by atoms with van der Waals surface area (Å²) in [6.45, 7) is 0. The Kier molecular flexibility index (Phi) is 154. The first-order chi connectivity index (χ1) is 0. The van der Waals surface area contributed by atoms with Gasteiger partial charge in [0.15, 0.2) is 0 Å². The minimum absolute atomic E-state index is 0. The van der Waals surface area contributed by atoms with Gasteiger partial charge < -0.3 is 71.0 Å². The third-order valence-corrected chi connectivity index (χ3v) is 0. The van der Waals surface area contributed by atoms with E-state index in [2.05, 4.69) is 0 Å². The molecule has 0 N–H and O–H groups in total. The fourth-order valence-electron chi connectivity index (χ4n) is 0. The van der Waals surface area contributed by atoms with Gasteiger partial charge >= 0.3 is 71.2 Å². The van der Waals surface area contributed by atoms with Crippen molar-refractivity contribution in [2.45, 2.75) is 0 Å². The van der Waals surface area contributed by atoms with Gasteiger partial charge in [-0.2, -0.15) is 0 Å². The second-order valence-corrected chi connectivity index (χ2v) is 0. The van der Waals surface area contributed by atoms with Gasteiger partial charge in [0.25, 0.3) is 0 Å². The van der Waals surface area contributed by atoms with Gasteiger partial charge in [0, 0.05) is 0 Å². The predicted octanol–water partition coefficient (Wildman–Crippen LogP) is -1.14. The smallest absolute Gasteiger partial charge is 2.00 e. The fraction of sp³-hybridized carbons (Fsp3) is 0. The van der Waals surface area contributed by atoms with Crippen LogP contribution in [0.4, 0.5) is 0 Å². The van der Waals surface area contributed by atoms with Crippen molar-refractivity contribution >= 4 is 71.0 Å². The third-order valence-electron chi connectivity index (χ3n) is 0. The summed E-state index contributed by atoms with van der Waals surface area (Å²) in [7, 11) is 0. The monoisotopic (exact) mass is 668 g/mol. The molecule has 0 fully saturated rings. The first-order valence-electron chi connectivity index (χ1n) is 0. The van der Waals surface area contributed by atoms with Gasteiger partial charge in [0.05, 0.1) is 0 Å². The van der Waals surface area contributed by atoms with E-state index < -0.39 is 0 Å². The van der Waals surface area contributed by atoms with Crippen molar-refractivity contribution in [1.29, 1.82) is 0 Å². The van der Waals surface area contributed by atoms with Crippen LogP contribution in [-0.2, 0) is 0 Å². The Labute approximate surface area is 138 Å². The Bertz CT molecular complexity index is 4.85. The molecule has 24 valence electrons. The quantitative estimate of drug-likeness (QED) is 0.289. The molecule has 5 heteroatoms. The molecule has 0 aromatic heterocycles. The van der Waals surface area contributed by atoms with E-state index >= 15 is 0 Å². The maximum absolute atomic E-state index is 0. The van der Waals surface area contributed by atoms with E-state index in [9.17, 15) is 0 Å². The van der Waals surface area contributed by atoms with Crippen LogP contribution in [0.2, 0.25) is 0 Å². The van der Waals surface area contributed by atoms with Crippen molar-refractivity contribution in [2.24, 2.45) is 0 Å². The Hall–Kier alpha value is 4.76. The summed E-state index contributed by atoms with van der Waals surface area (Å²) in [5, 5.41) is 0. The molecule has 0 bridgehead atoms. The normalized spacial score (nSPS) is 0. The Morgan fingerprint density at radius 1 is 0.400 bits per heavy atom. The summed E-state index contributed by atoms with van der Waals surface area (Å²) in [4.78, 5) is 0. The third kappa shape index (κ3) is 17.7. The molecule has 0 spiro atoms. The van der Waals surface area contributed by atoms with Gasteiger partial charge in [-0.3, -0.25) is 0 Å². The van der Waals surface area contributed by atoms with E-state index in [-0.39, 0.29) is 142 Å². The minimum Gasteiger partial charge on any atom is -2.00 e. The van der Waals surface area contributed by atoms with Crippen LogP contribution in [0.25, 0.3) is 0 Å². The van der Waals surface area contributed by atoms with Crippen molar-refractivity contribution in [1.82, 2.24) is 0 Å². The first-order valence-corrected chi connectivity index (χ1v) is 0. The van der Waals surface area contributed by atoms with Crippen LogP contribution in [-0.4, -0.2) is 71.0 Å². The molecule has 0 aliphatic carbocycles. The largest absolute Gasteiger partial charge is 3.00 e. The summed E-state index contributed by atoms with van der Waals surface area (Å²) in [5.41, 5.74) is 0. The summed E-state index contributed by atoms with van der Waals surface area (Å²) in [6.07, 6.45) is 0. The minimum atomic E-state index is 0. The van der Waals surface area contributed by atoms with E-state index in [1.165, 1.54) is 0 Å². The van der Waals surface area contributed by atoms with E-state index in [1.807, 2.05) is 0 Å². The molecule has 0 radical (unpaired) electrons. The Balaban J connectivity index is 0. The molecule has 0 nitrogen and oxygen atoms in total. The molecule has 0 saturated heterocycles.